The van der Waals surface area contributed by atoms with Crippen molar-refractivity contribution < 1.29 is 40.7 Å². The van der Waals surface area contributed by atoms with E-state index in [1.54, 1.807) is 6.07 Å². The minimum Gasteiger partial charge on any atom is -0.369 e. The van der Waals surface area contributed by atoms with Crippen LogP contribution >= 0.6 is 11.6 Å². The molecule has 2 aromatic carbocycles. The highest BCUT2D eigenvalue weighted by atomic mass is 35.5. The van der Waals surface area contributed by atoms with Gasteiger partial charge in [-0.15, -0.1) is 0 Å². The number of hydrogen-bond acceptors (Lipinski definition) is 5. The average Bonchev–Trinajstić information content (AvgIpc) is 3.07. The Morgan fingerprint density at radius 1 is 1.07 bits per heavy atom. The van der Waals surface area contributed by atoms with Crippen molar-refractivity contribution in [3.63, 3.8) is 0 Å². The smallest absolute Gasteiger partial charge is 0.369 e. The first kappa shape index (κ1) is 31.6. The van der Waals surface area contributed by atoms with Gasteiger partial charge in [-0.3, -0.25) is 14.4 Å². The van der Waals surface area contributed by atoms with Gasteiger partial charge in [0.15, 0.2) is 0 Å². The van der Waals surface area contributed by atoms with E-state index in [0.29, 0.717) is 0 Å². The van der Waals surface area contributed by atoms with Crippen LogP contribution in [0.15, 0.2) is 66.9 Å². The Balaban J connectivity index is 1.73. The summed E-state index contributed by atoms with van der Waals surface area (Å²) in [5.74, 6) is -6.39. The number of nitrogens with one attached hydrogen (secondary N) is 2. The number of benzene rings is 2. The summed E-state index contributed by atoms with van der Waals surface area (Å²) in [5, 5.41) is 4.93. The number of nitrogens with zero attached hydrogens (tertiary/aromatic N) is 2. The van der Waals surface area contributed by atoms with Gasteiger partial charge in [0, 0.05) is 12.6 Å². The Bertz CT molecular complexity index is 1500. The number of aromatic nitrogens is 1. The molecule has 8 nitrogen and oxygen atoms in total. The summed E-state index contributed by atoms with van der Waals surface area (Å²) in [6, 6.07) is 11.8. The maximum Gasteiger partial charge on any atom is 0.416 e. The summed E-state index contributed by atoms with van der Waals surface area (Å²) < 4.78 is 80.3. The number of rotatable bonds is 8. The van der Waals surface area contributed by atoms with Crippen LogP contribution in [0, 0.1) is 5.92 Å². The molecule has 4 N–H and O–H groups in total. The highest BCUT2D eigenvalue weighted by Gasteiger charge is 2.40. The van der Waals surface area contributed by atoms with E-state index in [2.05, 4.69) is 15.6 Å². The molecular formula is C28H24ClF6N5O3. The van der Waals surface area contributed by atoms with E-state index >= 15 is 0 Å². The number of pyridine rings is 1. The van der Waals surface area contributed by atoms with Crippen LogP contribution < -0.4 is 21.3 Å². The van der Waals surface area contributed by atoms with Crippen molar-refractivity contribution in [2.24, 2.45) is 11.7 Å². The maximum atomic E-state index is 13.6. The van der Waals surface area contributed by atoms with Crippen molar-refractivity contribution in [1.82, 2.24) is 10.3 Å². The fourth-order valence-corrected chi connectivity index (χ4v) is 5.03. The van der Waals surface area contributed by atoms with Gasteiger partial charge < -0.3 is 21.3 Å². The lowest BCUT2D eigenvalue weighted by molar-refractivity contribution is -0.144. The number of hydrogen-bond donors (Lipinski definition) is 3. The maximum absolute atomic E-state index is 13.6. The zero-order valence-electron chi connectivity index (χ0n) is 22.0. The molecule has 0 bridgehead atoms. The SMILES string of the molecule is NC(=O)[C@@H](c1ccccc1)[C@@H](CCC(F)(F)F)C(=O)N[C@H]1CN(c2cc(C(F)(F)F)ccn2)c2cccc(Cl)c2NC1=O. The molecule has 3 atom stereocenters. The van der Waals surface area contributed by atoms with Crippen LogP contribution in [0.2, 0.25) is 5.02 Å². The van der Waals surface area contributed by atoms with E-state index in [0.717, 1.165) is 18.3 Å². The van der Waals surface area contributed by atoms with Crippen molar-refractivity contribution in [3.05, 3.63) is 83.0 Å². The third-order valence-corrected chi connectivity index (χ3v) is 7.14. The summed E-state index contributed by atoms with van der Waals surface area (Å²) in [6.45, 7) is -0.488. The minimum atomic E-state index is -4.73. The first-order valence-corrected chi connectivity index (χ1v) is 13.1. The summed E-state index contributed by atoms with van der Waals surface area (Å²) in [7, 11) is 0. The molecule has 1 aromatic heterocycles. The van der Waals surface area contributed by atoms with Crippen molar-refractivity contribution in [3.8, 4) is 0 Å². The molecule has 2 heterocycles. The molecule has 3 amide bonds. The molecule has 1 aliphatic heterocycles. The molecule has 3 aromatic rings. The Morgan fingerprint density at radius 3 is 2.40 bits per heavy atom. The van der Waals surface area contributed by atoms with Crippen molar-refractivity contribution in [1.29, 1.82) is 0 Å². The van der Waals surface area contributed by atoms with Crippen molar-refractivity contribution in [2.75, 3.05) is 16.8 Å². The number of nitrogens with two attached hydrogens (primary N) is 1. The molecule has 0 unspecified atom stereocenters. The minimum absolute atomic E-state index is 0.0121. The number of alkyl halides is 6. The number of carbonyl (C=O) groups excluding carboxylic acids is 3. The largest absolute Gasteiger partial charge is 0.416 e. The van der Waals surface area contributed by atoms with E-state index in [-0.39, 0.29) is 27.8 Å². The van der Waals surface area contributed by atoms with Crippen LogP contribution in [-0.2, 0) is 20.6 Å². The van der Waals surface area contributed by atoms with Crippen LogP contribution in [0.25, 0.3) is 0 Å². The van der Waals surface area contributed by atoms with Gasteiger partial charge in [0.25, 0.3) is 0 Å². The molecule has 15 heteroatoms. The Labute approximate surface area is 246 Å². The van der Waals surface area contributed by atoms with Crippen molar-refractivity contribution in [2.45, 2.75) is 37.2 Å². The molecule has 228 valence electrons. The Kier molecular flexibility index (Phi) is 9.18. The summed E-state index contributed by atoms with van der Waals surface area (Å²) >= 11 is 6.28. The lowest BCUT2D eigenvalue weighted by Crippen LogP contribution is -2.51. The lowest BCUT2D eigenvalue weighted by atomic mass is 9.81. The quantitative estimate of drug-likeness (QED) is 0.283. The second-order valence-electron chi connectivity index (χ2n) is 9.75. The van der Waals surface area contributed by atoms with Gasteiger partial charge in [0.05, 0.1) is 40.3 Å². The second kappa shape index (κ2) is 12.5. The van der Waals surface area contributed by atoms with Crippen molar-refractivity contribution >= 4 is 46.5 Å². The topological polar surface area (TPSA) is 117 Å². The van der Waals surface area contributed by atoms with Crippen LogP contribution in [0.4, 0.5) is 43.5 Å². The van der Waals surface area contributed by atoms with Gasteiger partial charge in [0.2, 0.25) is 17.7 Å². The molecule has 0 radical (unpaired) electrons. The van der Waals surface area contributed by atoms with Gasteiger partial charge in [0.1, 0.15) is 11.9 Å². The van der Waals surface area contributed by atoms with E-state index < -0.39 is 72.9 Å². The molecule has 0 fully saturated rings. The number of para-hydroxylation sites is 1. The Hall–Kier alpha value is -4.33. The fraction of sp³-hybridized carbons (Fsp3) is 0.286. The predicted octanol–water partition coefficient (Wildman–Crippen LogP) is 5.56. The molecule has 0 aliphatic carbocycles. The molecule has 0 spiro atoms. The fourth-order valence-electron chi connectivity index (χ4n) is 4.81. The molecule has 0 saturated carbocycles. The van der Waals surface area contributed by atoms with E-state index in [1.165, 1.54) is 47.4 Å². The first-order valence-electron chi connectivity index (χ1n) is 12.8. The normalized spacial score (nSPS) is 16.9. The van der Waals surface area contributed by atoms with Crippen LogP contribution in [-0.4, -0.2) is 41.5 Å². The van der Waals surface area contributed by atoms with Gasteiger partial charge in [-0.1, -0.05) is 48.0 Å². The number of primary amides is 1. The molecule has 1 aliphatic rings. The zero-order chi connectivity index (χ0) is 31.5. The molecule has 0 saturated heterocycles. The predicted molar refractivity (Wildman–Crippen MR) is 145 cm³/mol. The van der Waals surface area contributed by atoms with E-state index in [4.69, 9.17) is 17.3 Å². The highest BCUT2D eigenvalue weighted by molar-refractivity contribution is 6.34. The highest BCUT2D eigenvalue weighted by Crippen LogP contribution is 2.40. The lowest BCUT2D eigenvalue weighted by Gasteiger charge is -2.29. The van der Waals surface area contributed by atoms with Gasteiger partial charge in [-0.25, -0.2) is 4.98 Å². The summed E-state index contributed by atoms with van der Waals surface area (Å²) in [6.07, 6.45) is -10.8. The third kappa shape index (κ3) is 7.55. The number of fused-ring (bicyclic) bond motifs is 1. The number of anilines is 3. The first-order chi connectivity index (χ1) is 20.2. The van der Waals surface area contributed by atoms with Crippen LogP contribution in [0.3, 0.4) is 0 Å². The number of amides is 3. The molecular weight excluding hydrogens is 604 g/mol. The third-order valence-electron chi connectivity index (χ3n) is 6.82. The van der Waals surface area contributed by atoms with Gasteiger partial charge >= 0.3 is 12.4 Å². The number of halogens is 7. The summed E-state index contributed by atoms with van der Waals surface area (Å²) in [5.41, 5.74) is 4.87. The van der Waals surface area contributed by atoms with Crippen LogP contribution in [0.5, 0.6) is 0 Å². The second-order valence-corrected chi connectivity index (χ2v) is 10.2. The van der Waals surface area contributed by atoms with E-state index in [1.807, 2.05) is 0 Å². The average molecular weight is 628 g/mol. The Morgan fingerprint density at radius 2 is 1.77 bits per heavy atom. The van der Waals surface area contributed by atoms with E-state index in [9.17, 15) is 40.7 Å². The van der Waals surface area contributed by atoms with Gasteiger partial charge in [-0.2, -0.15) is 26.3 Å². The van der Waals surface area contributed by atoms with Gasteiger partial charge in [-0.05, 0) is 36.2 Å². The number of carbonyl (C=O) groups is 3. The standard InChI is InChI=1S/C28H24ClF6N5O3/c29-18-7-4-8-20-23(18)39-26(43)19(14-40(20)21-13-16(10-12-37-21)28(33,34)35)38-25(42)17(9-11-27(30,31)32)22(24(36)41)15-5-2-1-3-6-15/h1-8,10,12-13,17,19,22H,9,11,14H2,(H2,36,41)(H,38,42)(H,39,43)/t17-,19+,22+/m1/s1. The monoisotopic (exact) mass is 627 g/mol. The summed E-state index contributed by atoms with van der Waals surface area (Å²) in [4.78, 5) is 44.6. The zero-order valence-corrected chi connectivity index (χ0v) is 22.8. The van der Waals surface area contributed by atoms with Crippen LogP contribution in [0.1, 0.15) is 29.9 Å². The molecule has 4 rings (SSSR count). The molecule has 43 heavy (non-hydrogen) atoms.